The Morgan fingerprint density at radius 3 is 2.44 bits per heavy atom. The van der Waals surface area contributed by atoms with Crippen LogP contribution in [0.15, 0.2) is 66.1 Å². The molecular formula is C24H25ClN2O4S. The Morgan fingerprint density at radius 2 is 1.78 bits per heavy atom. The predicted molar refractivity (Wildman–Crippen MR) is 124 cm³/mol. The van der Waals surface area contributed by atoms with Crippen LogP contribution in [-0.4, -0.2) is 54.9 Å². The number of piperidine rings is 1. The minimum Gasteiger partial charge on any atom is -0.338 e. The summed E-state index contributed by atoms with van der Waals surface area (Å²) >= 11 is 5.93. The maximum absolute atomic E-state index is 13.6. The highest BCUT2D eigenvalue weighted by Crippen LogP contribution is 2.25. The molecule has 6 nitrogen and oxygen atoms in total. The third-order valence-electron chi connectivity index (χ3n) is 5.94. The Hall–Kier alpha value is -2.64. The van der Waals surface area contributed by atoms with E-state index in [2.05, 4.69) is 0 Å². The van der Waals surface area contributed by atoms with Gasteiger partial charge in [-0.05, 0) is 48.7 Å². The van der Waals surface area contributed by atoms with Crippen molar-refractivity contribution in [2.75, 3.05) is 18.8 Å². The second-order valence-corrected chi connectivity index (χ2v) is 10.6. The van der Waals surface area contributed by atoms with Crippen LogP contribution in [0.5, 0.6) is 0 Å². The maximum Gasteiger partial charge on any atom is 0.253 e. The minimum atomic E-state index is -3.31. The lowest BCUT2D eigenvalue weighted by molar-refractivity contribution is -0.138. The number of carbonyl (C=O) groups excluding carboxylic acids is 2. The highest BCUT2D eigenvalue weighted by atomic mass is 35.5. The number of nitrogens with zero attached hydrogens (tertiary/aromatic N) is 2. The van der Waals surface area contributed by atoms with Gasteiger partial charge in [-0.25, -0.2) is 8.42 Å². The molecule has 32 heavy (non-hydrogen) atoms. The second kappa shape index (κ2) is 9.46. The van der Waals surface area contributed by atoms with Crippen LogP contribution in [0.2, 0.25) is 5.02 Å². The van der Waals surface area contributed by atoms with Crippen LogP contribution in [0.25, 0.3) is 0 Å². The molecule has 0 unspecified atom stereocenters. The first-order valence-electron chi connectivity index (χ1n) is 10.6. The number of amides is 2. The fraction of sp³-hybridized carbons (Fsp3) is 0.333. The van der Waals surface area contributed by atoms with E-state index in [9.17, 15) is 18.0 Å². The molecule has 168 valence electrons. The molecule has 2 aliphatic rings. The Labute approximate surface area is 193 Å². The van der Waals surface area contributed by atoms with Crippen molar-refractivity contribution < 1.29 is 18.0 Å². The van der Waals surface area contributed by atoms with Crippen LogP contribution >= 0.6 is 11.6 Å². The Bertz CT molecular complexity index is 1120. The van der Waals surface area contributed by atoms with Gasteiger partial charge in [0.05, 0.1) is 17.7 Å². The topological polar surface area (TPSA) is 74.8 Å². The molecule has 2 heterocycles. The summed E-state index contributed by atoms with van der Waals surface area (Å²) in [6.07, 6.45) is 2.97. The molecule has 2 aromatic carbocycles. The number of sulfone groups is 1. The quantitative estimate of drug-likeness (QED) is 0.667. The van der Waals surface area contributed by atoms with Crippen molar-refractivity contribution >= 4 is 33.3 Å². The third-order valence-corrected chi connectivity index (χ3v) is 7.57. The summed E-state index contributed by atoms with van der Waals surface area (Å²) in [5, 5.41) is 1.75. The van der Waals surface area contributed by atoms with Crippen LogP contribution in [0.1, 0.15) is 28.8 Å². The molecule has 2 aromatic rings. The fourth-order valence-electron chi connectivity index (χ4n) is 4.26. The third kappa shape index (κ3) is 5.22. The van der Waals surface area contributed by atoms with E-state index < -0.39 is 15.9 Å². The van der Waals surface area contributed by atoms with Crippen LogP contribution in [0.3, 0.4) is 0 Å². The minimum absolute atomic E-state index is 0.105. The summed E-state index contributed by atoms with van der Waals surface area (Å²) in [5.41, 5.74) is 1.47. The monoisotopic (exact) mass is 472 g/mol. The standard InChI is InChI=1S/C24H25ClN2O4S/c25-21-10-8-19(9-11-21)23(28)26-13-4-7-20(16-26)24(29)27(15-18-5-2-1-3-6-18)22-12-14-32(30,31)17-22/h1-3,5-6,8-12,14,20,22H,4,7,13,15-17H2/t20-,22+/m1/s1. The van der Waals surface area contributed by atoms with E-state index in [4.69, 9.17) is 11.6 Å². The molecule has 0 bridgehead atoms. The first kappa shape index (κ1) is 22.6. The van der Waals surface area contributed by atoms with Crippen molar-refractivity contribution in [3.05, 3.63) is 82.2 Å². The average molecular weight is 473 g/mol. The molecule has 1 saturated heterocycles. The second-order valence-electron chi connectivity index (χ2n) is 8.27. The van der Waals surface area contributed by atoms with Crippen LogP contribution in [0.4, 0.5) is 0 Å². The van der Waals surface area contributed by atoms with E-state index in [0.717, 1.165) is 5.56 Å². The smallest absolute Gasteiger partial charge is 0.253 e. The zero-order valence-electron chi connectivity index (χ0n) is 17.6. The molecule has 8 heteroatoms. The molecule has 0 aromatic heterocycles. The van der Waals surface area contributed by atoms with E-state index in [1.165, 1.54) is 5.41 Å². The Balaban J connectivity index is 1.52. The van der Waals surface area contributed by atoms with Crippen molar-refractivity contribution in [1.29, 1.82) is 0 Å². The summed E-state index contributed by atoms with van der Waals surface area (Å²) in [6, 6.07) is 15.8. The maximum atomic E-state index is 13.6. The van der Waals surface area contributed by atoms with Gasteiger partial charge in [-0.2, -0.15) is 0 Å². The van der Waals surface area contributed by atoms with Gasteiger partial charge in [0.25, 0.3) is 5.91 Å². The first-order chi connectivity index (χ1) is 15.3. The van der Waals surface area contributed by atoms with Gasteiger partial charge < -0.3 is 9.80 Å². The van der Waals surface area contributed by atoms with Gasteiger partial charge in [0.1, 0.15) is 0 Å². The number of halogens is 1. The van der Waals surface area contributed by atoms with Crippen LogP contribution < -0.4 is 0 Å². The van der Waals surface area contributed by atoms with Gasteiger partial charge in [-0.3, -0.25) is 9.59 Å². The summed E-state index contributed by atoms with van der Waals surface area (Å²) in [7, 11) is -3.31. The largest absolute Gasteiger partial charge is 0.338 e. The SMILES string of the molecule is O=C(c1ccc(Cl)cc1)N1CCC[C@@H](C(=O)N(Cc2ccccc2)[C@H]2C=CS(=O)(=O)C2)C1. The van der Waals surface area contributed by atoms with E-state index in [0.29, 0.717) is 43.1 Å². The molecule has 2 amide bonds. The van der Waals surface area contributed by atoms with E-state index in [-0.39, 0.29) is 23.5 Å². The number of rotatable bonds is 5. The molecule has 1 fully saturated rings. The summed E-state index contributed by atoms with van der Waals surface area (Å²) < 4.78 is 24.1. The van der Waals surface area contributed by atoms with Crippen molar-refractivity contribution in [2.24, 2.45) is 5.92 Å². The molecule has 2 atom stereocenters. The fourth-order valence-corrected chi connectivity index (χ4v) is 5.69. The lowest BCUT2D eigenvalue weighted by Crippen LogP contribution is -2.49. The number of hydrogen-bond acceptors (Lipinski definition) is 4. The van der Waals surface area contributed by atoms with Crippen LogP contribution in [0, 0.1) is 5.92 Å². The van der Waals surface area contributed by atoms with Gasteiger partial charge in [0.15, 0.2) is 9.84 Å². The first-order valence-corrected chi connectivity index (χ1v) is 12.7. The van der Waals surface area contributed by atoms with Crippen molar-refractivity contribution in [1.82, 2.24) is 9.80 Å². The Kier molecular flexibility index (Phi) is 6.67. The van der Waals surface area contributed by atoms with Gasteiger partial charge in [-0.1, -0.05) is 41.9 Å². The summed E-state index contributed by atoms with van der Waals surface area (Å²) in [6.45, 7) is 1.22. The summed E-state index contributed by atoms with van der Waals surface area (Å²) in [5.74, 6) is -0.724. The number of likely N-dealkylation sites (tertiary alicyclic amines) is 1. The molecule has 0 radical (unpaired) electrons. The van der Waals surface area contributed by atoms with E-state index in [1.54, 1.807) is 40.1 Å². The number of carbonyl (C=O) groups is 2. The van der Waals surface area contributed by atoms with Crippen molar-refractivity contribution in [3.63, 3.8) is 0 Å². The number of benzene rings is 2. The Morgan fingerprint density at radius 1 is 1.06 bits per heavy atom. The zero-order chi connectivity index (χ0) is 22.7. The molecule has 2 aliphatic heterocycles. The molecule has 0 saturated carbocycles. The van der Waals surface area contributed by atoms with Gasteiger partial charge in [0.2, 0.25) is 5.91 Å². The van der Waals surface area contributed by atoms with Gasteiger partial charge >= 0.3 is 0 Å². The molecule has 0 N–H and O–H groups in total. The van der Waals surface area contributed by atoms with Gasteiger partial charge in [0, 0.05) is 35.6 Å². The van der Waals surface area contributed by atoms with Crippen molar-refractivity contribution in [3.8, 4) is 0 Å². The molecule has 4 rings (SSSR count). The van der Waals surface area contributed by atoms with E-state index in [1.807, 2.05) is 30.3 Å². The predicted octanol–water partition coefficient (Wildman–Crippen LogP) is 3.53. The zero-order valence-corrected chi connectivity index (χ0v) is 19.1. The normalized spacial score (nSPS) is 22.0. The van der Waals surface area contributed by atoms with E-state index >= 15 is 0 Å². The highest BCUT2D eigenvalue weighted by Gasteiger charge is 2.36. The number of hydrogen-bond donors (Lipinski definition) is 0. The molecular weight excluding hydrogens is 448 g/mol. The van der Waals surface area contributed by atoms with Crippen LogP contribution in [-0.2, 0) is 21.2 Å². The lowest BCUT2D eigenvalue weighted by Gasteiger charge is -2.37. The van der Waals surface area contributed by atoms with Gasteiger partial charge in [-0.15, -0.1) is 0 Å². The molecule has 0 aliphatic carbocycles. The summed E-state index contributed by atoms with van der Waals surface area (Å²) in [4.78, 5) is 29.9. The highest BCUT2D eigenvalue weighted by molar-refractivity contribution is 7.94. The average Bonchev–Trinajstić information content (AvgIpc) is 3.17. The lowest BCUT2D eigenvalue weighted by atomic mass is 9.95. The van der Waals surface area contributed by atoms with Crippen molar-refractivity contribution in [2.45, 2.75) is 25.4 Å². The molecule has 0 spiro atoms.